The second kappa shape index (κ2) is 4.85. The highest BCUT2D eigenvalue weighted by Crippen LogP contribution is 2.37. The Morgan fingerprint density at radius 3 is 1.67 bits per heavy atom. The normalized spacial score (nSPS) is 22.2. The first kappa shape index (κ1) is 12.8. The van der Waals surface area contributed by atoms with Gasteiger partial charge in [0, 0.05) is 9.52 Å². The third kappa shape index (κ3) is 2.22. The van der Waals surface area contributed by atoms with Crippen LogP contribution in [0.5, 0.6) is 0 Å². The highest BCUT2D eigenvalue weighted by Gasteiger charge is 2.25. The van der Waals surface area contributed by atoms with Crippen LogP contribution in [0.1, 0.15) is 44.5 Å². The van der Waals surface area contributed by atoms with E-state index in [0.717, 1.165) is 0 Å². The van der Waals surface area contributed by atoms with Crippen LogP contribution in [-0.4, -0.2) is 9.52 Å². The fourth-order valence-corrected chi connectivity index (χ4v) is 6.01. The molecule has 0 heterocycles. The molecule has 0 aromatic heterocycles. The van der Waals surface area contributed by atoms with Crippen LogP contribution in [0.3, 0.4) is 0 Å². The smallest absolute Gasteiger partial charge is 0.0468 e. The number of aryl methyl sites for hydroxylation is 2. The van der Waals surface area contributed by atoms with Crippen LogP contribution in [-0.2, 0) is 0 Å². The minimum Gasteiger partial charge on any atom is -0.0797 e. The lowest BCUT2D eigenvalue weighted by Crippen LogP contribution is -2.12. The van der Waals surface area contributed by atoms with Gasteiger partial charge in [-0.25, -0.2) is 0 Å². The number of rotatable bonds is 2. The lowest BCUT2D eigenvalue weighted by Gasteiger charge is -2.17. The van der Waals surface area contributed by atoms with Crippen molar-refractivity contribution in [1.82, 2.24) is 0 Å². The maximum atomic E-state index is 2.44. The quantitative estimate of drug-likeness (QED) is 0.722. The Morgan fingerprint density at radius 1 is 0.714 bits per heavy atom. The first-order chi connectivity index (χ1) is 10.2. The van der Waals surface area contributed by atoms with Gasteiger partial charge in [0.25, 0.3) is 0 Å². The summed E-state index contributed by atoms with van der Waals surface area (Å²) in [5, 5.41) is 0. The average Bonchev–Trinajstić information content (AvgIpc) is 3.04. The lowest BCUT2D eigenvalue weighted by atomic mass is 10.1. The van der Waals surface area contributed by atoms with Gasteiger partial charge in [0.1, 0.15) is 0 Å². The van der Waals surface area contributed by atoms with Crippen LogP contribution >= 0.6 is 0 Å². The van der Waals surface area contributed by atoms with Crippen molar-refractivity contribution in [1.29, 1.82) is 0 Å². The van der Waals surface area contributed by atoms with Crippen molar-refractivity contribution < 1.29 is 0 Å². The van der Waals surface area contributed by atoms with Crippen molar-refractivity contribution in [3.8, 4) is 0 Å². The Balaban J connectivity index is 1.63. The third-order valence-electron chi connectivity index (χ3n) is 4.81. The zero-order chi connectivity index (χ0) is 14.4. The van der Waals surface area contributed by atoms with E-state index in [4.69, 9.17) is 0 Å². The molecule has 2 aliphatic rings. The van der Waals surface area contributed by atoms with Gasteiger partial charge >= 0.3 is 0 Å². The molecule has 0 radical (unpaired) electrons. The van der Waals surface area contributed by atoms with Crippen LogP contribution in [0.4, 0.5) is 0 Å². The van der Waals surface area contributed by atoms with Crippen LogP contribution in [0.2, 0.25) is 0 Å². The Hall–Kier alpha value is -1.86. The predicted molar refractivity (Wildman–Crippen MR) is 94.5 cm³/mol. The maximum absolute atomic E-state index is 2.44. The fraction of sp³-hybridized carbons (Fsp3) is 0.200. The van der Waals surface area contributed by atoms with Crippen molar-refractivity contribution in [2.75, 3.05) is 0 Å². The summed E-state index contributed by atoms with van der Waals surface area (Å²) in [5.74, 6) is 0. The van der Waals surface area contributed by atoms with E-state index >= 15 is 0 Å². The van der Waals surface area contributed by atoms with Gasteiger partial charge in [-0.1, -0.05) is 71.8 Å². The summed E-state index contributed by atoms with van der Waals surface area (Å²) in [5.41, 5.74) is 10.2. The molecule has 0 aliphatic heterocycles. The zero-order valence-electron chi connectivity index (χ0n) is 12.6. The van der Waals surface area contributed by atoms with Gasteiger partial charge in [-0.05, 0) is 47.2 Å². The molecule has 4 rings (SSSR count). The highest BCUT2D eigenvalue weighted by atomic mass is 28.2. The summed E-state index contributed by atoms with van der Waals surface area (Å²) in [6.45, 7) is 4.40. The van der Waals surface area contributed by atoms with E-state index in [1.165, 1.54) is 22.3 Å². The van der Waals surface area contributed by atoms with E-state index in [9.17, 15) is 0 Å². The third-order valence-corrected chi connectivity index (χ3v) is 7.25. The molecule has 0 spiro atoms. The molecule has 0 saturated carbocycles. The molecule has 104 valence electrons. The van der Waals surface area contributed by atoms with E-state index in [0.29, 0.717) is 11.1 Å². The summed E-state index contributed by atoms with van der Waals surface area (Å²) in [7, 11) is -0.259. The molecule has 21 heavy (non-hydrogen) atoms. The minimum absolute atomic E-state index is 0.259. The van der Waals surface area contributed by atoms with E-state index < -0.39 is 0 Å². The molecule has 0 fully saturated rings. The van der Waals surface area contributed by atoms with Crippen LogP contribution in [0, 0.1) is 13.8 Å². The molecule has 2 aromatic carbocycles. The summed E-state index contributed by atoms with van der Waals surface area (Å²) in [4.78, 5) is 0. The molecule has 0 N–H and O–H groups in total. The van der Waals surface area contributed by atoms with Gasteiger partial charge in [-0.15, -0.1) is 0 Å². The van der Waals surface area contributed by atoms with E-state index in [1.807, 2.05) is 0 Å². The number of fused-ring (bicyclic) bond motifs is 2. The summed E-state index contributed by atoms with van der Waals surface area (Å²) < 4.78 is 0. The Kier molecular flexibility index (Phi) is 2.97. The lowest BCUT2D eigenvalue weighted by molar-refractivity contribution is 1.12. The molecule has 2 aromatic rings. The highest BCUT2D eigenvalue weighted by molar-refractivity contribution is 6.43. The number of hydrogen-bond donors (Lipinski definition) is 0. The van der Waals surface area contributed by atoms with Crippen molar-refractivity contribution in [2.45, 2.75) is 24.9 Å². The summed E-state index contributed by atoms with van der Waals surface area (Å²) in [6, 6.07) is 13.8. The molecule has 0 bridgehead atoms. The fourth-order valence-electron chi connectivity index (χ4n) is 3.67. The summed E-state index contributed by atoms with van der Waals surface area (Å²) in [6.07, 6.45) is 9.53. The van der Waals surface area contributed by atoms with Crippen LogP contribution in [0.15, 0.2) is 48.6 Å². The first-order valence-electron chi connectivity index (χ1n) is 7.78. The molecule has 0 amide bonds. The molecule has 2 unspecified atom stereocenters. The Morgan fingerprint density at radius 2 is 1.19 bits per heavy atom. The second-order valence-corrected chi connectivity index (χ2v) is 8.66. The SMILES string of the molecule is Cc1ccc2c(c1)C([SiH2]C1C=Cc3ccc(C)cc31)C=C2. The van der Waals surface area contributed by atoms with Crippen molar-refractivity contribution in [3.63, 3.8) is 0 Å². The van der Waals surface area contributed by atoms with Crippen molar-refractivity contribution >= 4 is 21.7 Å². The predicted octanol–water partition coefficient (Wildman–Crippen LogP) is 4.31. The van der Waals surface area contributed by atoms with Gasteiger partial charge in [-0.3, -0.25) is 0 Å². The first-order valence-corrected chi connectivity index (χ1v) is 9.41. The van der Waals surface area contributed by atoms with E-state index in [1.54, 1.807) is 11.1 Å². The molecule has 1 heteroatoms. The molecule has 0 saturated heterocycles. The molecule has 0 nitrogen and oxygen atoms in total. The van der Waals surface area contributed by atoms with Gasteiger partial charge in [0.2, 0.25) is 0 Å². The Labute approximate surface area is 129 Å². The van der Waals surface area contributed by atoms with E-state index in [-0.39, 0.29) is 9.52 Å². The standard InChI is InChI=1S/C20H20Si/c1-13-3-5-15-7-9-19(17(15)11-13)21-20-10-8-16-6-4-14(2)12-18(16)20/h3-12,19-20H,21H2,1-2H3. The van der Waals surface area contributed by atoms with Crippen molar-refractivity contribution in [3.05, 3.63) is 81.9 Å². The largest absolute Gasteiger partial charge is 0.0797 e. The minimum atomic E-state index is -0.259. The van der Waals surface area contributed by atoms with Gasteiger partial charge in [0.05, 0.1) is 0 Å². The molecular weight excluding hydrogens is 268 g/mol. The van der Waals surface area contributed by atoms with Crippen LogP contribution in [0.25, 0.3) is 12.2 Å². The Bertz CT molecular complexity index is 702. The van der Waals surface area contributed by atoms with Gasteiger partial charge in [0.15, 0.2) is 0 Å². The van der Waals surface area contributed by atoms with Gasteiger partial charge in [-0.2, -0.15) is 0 Å². The average molecular weight is 288 g/mol. The van der Waals surface area contributed by atoms with E-state index in [2.05, 4.69) is 74.5 Å². The number of benzene rings is 2. The summed E-state index contributed by atoms with van der Waals surface area (Å²) >= 11 is 0. The zero-order valence-corrected chi connectivity index (χ0v) is 14.0. The van der Waals surface area contributed by atoms with Crippen LogP contribution < -0.4 is 0 Å². The van der Waals surface area contributed by atoms with Gasteiger partial charge < -0.3 is 0 Å². The number of allylic oxidation sites excluding steroid dienone is 2. The maximum Gasteiger partial charge on any atom is 0.0468 e. The molecular formula is C20H20Si. The topological polar surface area (TPSA) is 0 Å². The molecule has 2 aliphatic carbocycles. The monoisotopic (exact) mass is 288 g/mol. The second-order valence-electron chi connectivity index (χ2n) is 6.43. The van der Waals surface area contributed by atoms with Crippen molar-refractivity contribution in [2.24, 2.45) is 0 Å². The molecule has 2 atom stereocenters. The number of hydrogen-bond acceptors (Lipinski definition) is 0.